The fourth-order valence-corrected chi connectivity index (χ4v) is 13.0. The van der Waals surface area contributed by atoms with Crippen LogP contribution in [0.3, 0.4) is 0 Å². The Balaban J connectivity index is 0.995. The predicted octanol–water partition coefficient (Wildman–Crippen LogP) is 19.7. The van der Waals surface area contributed by atoms with Gasteiger partial charge >= 0.3 is 0 Å². The smallest absolute Gasteiger partial charge is 0.0464 e. The fourth-order valence-electron chi connectivity index (χ4n) is 9.04. The van der Waals surface area contributed by atoms with Crippen molar-refractivity contribution >= 4 is 79.5 Å². The van der Waals surface area contributed by atoms with Gasteiger partial charge in [-0.3, -0.25) is 0 Å². The van der Waals surface area contributed by atoms with Crippen LogP contribution in [0.4, 0.5) is 34.1 Å². The fraction of sp³-hybridized carbons (Fsp3) is 0.133. The van der Waals surface area contributed by atoms with E-state index in [0.29, 0.717) is 0 Å². The van der Waals surface area contributed by atoms with Crippen LogP contribution in [-0.4, -0.2) is 0 Å². The van der Waals surface area contributed by atoms with Crippen LogP contribution in [0.5, 0.6) is 0 Å². The van der Waals surface area contributed by atoms with Crippen LogP contribution >= 0.6 is 45.3 Å². The molecule has 0 saturated carbocycles. The van der Waals surface area contributed by atoms with Crippen LogP contribution in [0.2, 0.25) is 0 Å². The molecule has 326 valence electrons. The first kappa shape index (κ1) is 43.6. The largest absolute Gasteiger partial charge is 0.310 e. The number of hydrogen-bond acceptors (Lipinski definition) is 6. The molecule has 6 heteroatoms. The molecule has 0 aliphatic carbocycles. The topological polar surface area (TPSA) is 6.48 Å². The van der Waals surface area contributed by atoms with Crippen molar-refractivity contribution < 1.29 is 0 Å². The Bertz CT molecular complexity index is 2950. The van der Waals surface area contributed by atoms with Crippen molar-refractivity contribution in [3.05, 3.63) is 212 Å². The molecule has 6 aromatic carbocycles. The van der Waals surface area contributed by atoms with Gasteiger partial charge in [-0.25, -0.2) is 0 Å². The van der Waals surface area contributed by atoms with Gasteiger partial charge in [-0.2, -0.15) is 0 Å². The van der Waals surface area contributed by atoms with Crippen LogP contribution < -0.4 is 9.80 Å². The first-order chi connectivity index (χ1) is 31.9. The quantitative estimate of drug-likeness (QED) is 0.128. The van der Waals surface area contributed by atoms with Crippen LogP contribution in [-0.2, 0) is 0 Å². The van der Waals surface area contributed by atoms with E-state index in [-0.39, 0.29) is 0 Å². The van der Waals surface area contributed by atoms with Gasteiger partial charge < -0.3 is 9.80 Å². The molecule has 0 N–H and O–H groups in total. The Morgan fingerprint density at radius 3 is 0.682 bits per heavy atom. The van der Waals surface area contributed by atoms with Gasteiger partial charge in [0, 0.05) is 53.6 Å². The van der Waals surface area contributed by atoms with Crippen molar-refractivity contribution in [1.29, 1.82) is 0 Å². The standard InChI is InChI=1S/C60H52N2S4/c1-37-25-57(63-33-37)53-21-17-49(29-41(53)5)61(50-18-22-54(42(6)30-50)58-26-38(2)34-64-58)47-13-9-45(10-14-47)46-11-15-48(16-12-46)62(51-19-23-55(43(7)31-51)59-27-39(3)35-65-59)52-20-24-56(44(8)32-52)60-28-40(4)36-66-60/h9-36H,1-8H3. The molecule has 0 saturated heterocycles. The van der Waals surface area contributed by atoms with E-state index in [4.69, 9.17) is 0 Å². The van der Waals surface area contributed by atoms with Gasteiger partial charge in [0.2, 0.25) is 0 Å². The number of benzene rings is 6. The van der Waals surface area contributed by atoms with Crippen molar-refractivity contribution in [1.82, 2.24) is 0 Å². The molecule has 2 nitrogen and oxygen atoms in total. The van der Waals surface area contributed by atoms with Gasteiger partial charge in [-0.05, 0) is 252 Å². The van der Waals surface area contributed by atoms with E-state index >= 15 is 0 Å². The maximum Gasteiger partial charge on any atom is 0.0464 e. The molecule has 0 amide bonds. The summed E-state index contributed by atoms with van der Waals surface area (Å²) < 4.78 is 0. The third-order valence-electron chi connectivity index (χ3n) is 12.4. The summed E-state index contributed by atoms with van der Waals surface area (Å²) in [6.45, 7) is 17.6. The maximum atomic E-state index is 2.40. The highest BCUT2D eigenvalue weighted by Crippen LogP contribution is 2.44. The second-order valence-corrected chi connectivity index (χ2v) is 21.4. The molecule has 10 rings (SSSR count). The van der Waals surface area contributed by atoms with Crippen LogP contribution in [0.1, 0.15) is 44.5 Å². The average molecular weight is 929 g/mol. The summed E-state index contributed by atoms with van der Waals surface area (Å²) >= 11 is 7.25. The Labute approximate surface area is 406 Å². The highest BCUT2D eigenvalue weighted by Gasteiger charge is 2.19. The number of aryl methyl sites for hydroxylation is 8. The number of hydrogen-bond donors (Lipinski definition) is 0. The average Bonchev–Trinajstić information content (AvgIpc) is 4.14. The van der Waals surface area contributed by atoms with E-state index in [2.05, 4.69) is 232 Å². The molecule has 66 heavy (non-hydrogen) atoms. The third-order valence-corrected chi connectivity index (χ3v) is 16.8. The van der Waals surface area contributed by atoms with E-state index in [1.165, 1.54) is 97.4 Å². The van der Waals surface area contributed by atoms with Gasteiger partial charge in [-0.1, -0.05) is 48.5 Å². The molecule has 0 aliphatic rings. The summed E-state index contributed by atoms with van der Waals surface area (Å²) in [7, 11) is 0. The zero-order valence-electron chi connectivity index (χ0n) is 38.7. The van der Waals surface area contributed by atoms with Crippen LogP contribution in [0, 0.1) is 55.4 Å². The molecule has 0 bridgehead atoms. The van der Waals surface area contributed by atoms with E-state index in [0.717, 1.165) is 34.1 Å². The lowest BCUT2D eigenvalue weighted by Gasteiger charge is -2.28. The lowest BCUT2D eigenvalue weighted by Crippen LogP contribution is -2.11. The highest BCUT2D eigenvalue weighted by atomic mass is 32.1. The van der Waals surface area contributed by atoms with Crippen molar-refractivity contribution in [3.63, 3.8) is 0 Å². The zero-order valence-corrected chi connectivity index (χ0v) is 42.0. The Kier molecular flexibility index (Phi) is 12.0. The third kappa shape index (κ3) is 8.75. The molecule has 0 atom stereocenters. The van der Waals surface area contributed by atoms with Crippen LogP contribution in [0.15, 0.2) is 167 Å². The number of rotatable bonds is 11. The molecule has 0 spiro atoms. The van der Waals surface area contributed by atoms with E-state index in [1.807, 2.05) is 45.3 Å². The van der Waals surface area contributed by atoms with Crippen molar-refractivity contribution in [2.24, 2.45) is 0 Å². The van der Waals surface area contributed by atoms with Gasteiger partial charge in [0.1, 0.15) is 0 Å². The molecule has 4 aromatic heterocycles. The number of anilines is 6. The van der Waals surface area contributed by atoms with Gasteiger partial charge in [-0.15, -0.1) is 45.3 Å². The highest BCUT2D eigenvalue weighted by molar-refractivity contribution is 7.14. The Morgan fingerprint density at radius 1 is 0.258 bits per heavy atom. The molecule has 0 radical (unpaired) electrons. The molecule has 4 heterocycles. The summed E-state index contributed by atoms with van der Waals surface area (Å²) in [6, 6.07) is 54.9. The second kappa shape index (κ2) is 18.2. The lowest BCUT2D eigenvalue weighted by molar-refractivity contribution is 1.26. The number of thiophene rings is 4. The summed E-state index contributed by atoms with van der Waals surface area (Å²) in [5, 5.41) is 8.94. The van der Waals surface area contributed by atoms with Gasteiger partial charge in [0.05, 0.1) is 0 Å². The SMILES string of the molecule is Cc1csc(-c2ccc(N(c3ccc(-c4ccc(N(c5ccc(-c6cc(C)cs6)c(C)c5)c5ccc(-c6cc(C)cs6)c(C)c5)cc4)cc3)c3ccc(-c4cc(C)cs4)c(C)c3)cc2C)c1. The monoisotopic (exact) mass is 928 g/mol. The second-order valence-electron chi connectivity index (χ2n) is 17.7. The molecular weight excluding hydrogens is 877 g/mol. The minimum absolute atomic E-state index is 1.12. The Morgan fingerprint density at radius 2 is 0.485 bits per heavy atom. The van der Waals surface area contributed by atoms with Gasteiger partial charge in [0.25, 0.3) is 0 Å². The van der Waals surface area contributed by atoms with E-state index < -0.39 is 0 Å². The first-order valence-electron chi connectivity index (χ1n) is 22.4. The minimum Gasteiger partial charge on any atom is -0.310 e. The molecule has 0 unspecified atom stereocenters. The van der Waals surface area contributed by atoms with E-state index in [1.54, 1.807) is 0 Å². The molecule has 0 fully saturated rings. The van der Waals surface area contributed by atoms with Crippen LogP contribution in [0.25, 0.3) is 52.9 Å². The van der Waals surface area contributed by atoms with E-state index in [9.17, 15) is 0 Å². The summed E-state index contributed by atoms with van der Waals surface area (Å²) in [6.07, 6.45) is 0. The maximum absolute atomic E-state index is 2.40. The summed E-state index contributed by atoms with van der Waals surface area (Å²) in [4.78, 5) is 10.0. The normalized spacial score (nSPS) is 11.3. The van der Waals surface area contributed by atoms with Crippen molar-refractivity contribution in [2.45, 2.75) is 55.4 Å². The zero-order chi connectivity index (χ0) is 45.6. The van der Waals surface area contributed by atoms with Crippen molar-refractivity contribution in [2.75, 3.05) is 9.80 Å². The lowest BCUT2D eigenvalue weighted by atomic mass is 10.0. The van der Waals surface area contributed by atoms with Gasteiger partial charge in [0.15, 0.2) is 0 Å². The molecular formula is C60H52N2S4. The summed E-state index contributed by atoms with van der Waals surface area (Å²) in [5.74, 6) is 0. The van der Waals surface area contributed by atoms with Crippen molar-refractivity contribution in [3.8, 4) is 52.9 Å². The Hall–Kier alpha value is -6.28. The minimum atomic E-state index is 1.12. The molecule has 10 aromatic rings. The predicted molar refractivity (Wildman–Crippen MR) is 292 cm³/mol. The summed E-state index contributed by atoms with van der Waals surface area (Å²) in [5.41, 5.74) is 24.6. The first-order valence-corrected chi connectivity index (χ1v) is 25.9. The number of nitrogens with zero attached hydrogens (tertiary/aromatic N) is 2. The molecule has 0 aliphatic heterocycles.